The van der Waals surface area contributed by atoms with Crippen LogP contribution in [0.4, 0.5) is 0 Å². The van der Waals surface area contributed by atoms with Crippen molar-refractivity contribution in [3.63, 3.8) is 0 Å². The van der Waals surface area contributed by atoms with Gasteiger partial charge in [0.2, 0.25) is 0 Å². The van der Waals surface area contributed by atoms with Gasteiger partial charge in [-0.2, -0.15) is 0 Å². The molecule has 0 amide bonds. The summed E-state index contributed by atoms with van der Waals surface area (Å²) in [5.41, 5.74) is 13.1. The van der Waals surface area contributed by atoms with Gasteiger partial charge in [0.15, 0.2) is 0 Å². The van der Waals surface area contributed by atoms with Crippen LogP contribution in [0.1, 0.15) is 45.7 Å². The van der Waals surface area contributed by atoms with Crippen molar-refractivity contribution >= 4 is 3.27 Å². The number of rotatable bonds is 5. The van der Waals surface area contributed by atoms with E-state index in [1.807, 2.05) is 0 Å². The summed E-state index contributed by atoms with van der Waals surface area (Å²) in [7, 11) is 0. The fourth-order valence-electron chi connectivity index (χ4n) is 5.97. The summed E-state index contributed by atoms with van der Waals surface area (Å²) in [6, 6.07) is 33.8. The smallest absolute Gasteiger partial charge is 1.00 e. The molecular formula is C37H36Cl2Zr. The molecular weight excluding hydrogens is 607 g/mol. The van der Waals surface area contributed by atoms with Gasteiger partial charge < -0.3 is 24.8 Å². The molecule has 0 saturated heterocycles. The molecule has 0 bridgehead atoms. The number of halogens is 2. The van der Waals surface area contributed by atoms with Crippen molar-refractivity contribution in [2.75, 3.05) is 0 Å². The van der Waals surface area contributed by atoms with Gasteiger partial charge in [0.1, 0.15) is 0 Å². The predicted molar refractivity (Wildman–Crippen MR) is 159 cm³/mol. The first-order chi connectivity index (χ1) is 18.3. The first-order valence-corrected chi connectivity index (χ1v) is 16.4. The minimum atomic E-state index is -1.05. The van der Waals surface area contributed by atoms with Crippen LogP contribution in [0.3, 0.4) is 0 Å². The second-order valence-electron chi connectivity index (χ2n) is 12.2. The van der Waals surface area contributed by atoms with Crippen molar-refractivity contribution < 1.29 is 48.0 Å². The molecule has 0 saturated carbocycles. The standard InChI is InChI=1S/C25H17.C12H19.2ClH.Zr/c1-3-7-18(8-4-1)20-11-13-24-22(15-20)17-23-16-21(12-14-25(23)24)19-9-5-2-6-10-19;1-9(2)10-6-7-11(8-10)12(3,4)5;;;/h1-15H,17H2;7-10H,1-5H3;2*1H;/q;;;;+2/p-2. The summed E-state index contributed by atoms with van der Waals surface area (Å²) in [5.74, 6) is 1.20. The van der Waals surface area contributed by atoms with E-state index in [0.29, 0.717) is 11.8 Å². The Bertz CT molecular complexity index is 1560. The van der Waals surface area contributed by atoms with Crippen LogP contribution in [0.5, 0.6) is 0 Å². The van der Waals surface area contributed by atoms with Gasteiger partial charge in [-0.15, -0.1) is 0 Å². The summed E-state index contributed by atoms with van der Waals surface area (Å²) >= 11 is -1.05. The number of hydrogen-bond acceptors (Lipinski definition) is 0. The van der Waals surface area contributed by atoms with Gasteiger partial charge in [0, 0.05) is 0 Å². The largest absolute Gasteiger partial charge is 1.00 e. The number of benzene rings is 4. The average Bonchev–Trinajstić information content (AvgIpc) is 3.52. The van der Waals surface area contributed by atoms with Gasteiger partial charge in [0.05, 0.1) is 0 Å². The molecule has 3 heteroatoms. The van der Waals surface area contributed by atoms with Crippen LogP contribution in [-0.2, 0) is 29.7 Å². The van der Waals surface area contributed by atoms with Gasteiger partial charge in [-0.3, -0.25) is 0 Å². The molecule has 4 aromatic rings. The maximum Gasteiger partial charge on any atom is -1.00 e. The first kappa shape index (κ1) is 30.8. The molecule has 0 fully saturated rings. The van der Waals surface area contributed by atoms with Crippen LogP contribution >= 0.6 is 0 Å². The minimum Gasteiger partial charge on any atom is -1.00 e. The van der Waals surface area contributed by atoms with Gasteiger partial charge in [-0.05, 0) is 0 Å². The summed E-state index contributed by atoms with van der Waals surface area (Å²) in [5, 5.41) is 0. The third-order valence-corrected chi connectivity index (χ3v) is 12.1. The topological polar surface area (TPSA) is 0 Å². The van der Waals surface area contributed by atoms with Crippen molar-refractivity contribution in [2.45, 2.75) is 41.0 Å². The van der Waals surface area contributed by atoms with E-state index in [0.717, 1.165) is 6.42 Å². The zero-order valence-electron chi connectivity index (χ0n) is 23.9. The van der Waals surface area contributed by atoms with Gasteiger partial charge in [-0.25, -0.2) is 0 Å². The molecule has 0 N–H and O–H groups in total. The van der Waals surface area contributed by atoms with E-state index in [2.05, 4.69) is 138 Å². The van der Waals surface area contributed by atoms with Crippen molar-refractivity contribution in [2.24, 2.45) is 17.3 Å². The van der Waals surface area contributed by atoms with E-state index in [1.165, 1.54) is 44.5 Å². The van der Waals surface area contributed by atoms with E-state index in [4.69, 9.17) is 0 Å². The van der Waals surface area contributed by atoms with E-state index < -0.39 is 23.2 Å². The Morgan fingerprint density at radius 3 is 1.93 bits per heavy atom. The quantitative estimate of drug-likeness (QED) is 0.276. The Hall–Kier alpha value is -2.18. The van der Waals surface area contributed by atoms with Crippen molar-refractivity contribution in [1.29, 1.82) is 0 Å². The molecule has 202 valence electrons. The molecule has 0 aromatic heterocycles. The molecule has 0 aliphatic heterocycles. The summed E-state index contributed by atoms with van der Waals surface area (Å²) < 4.78 is 3.41. The molecule has 0 heterocycles. The van der Waals surface area contributed by atoms with E-state index in [9.17, 15) is 0 Å². The molecule has 0 radical (unpaired) electrons. The predicted octanol–water partition coefficient (Wildman–Crippen LogP) is 3.45. The van der Waals surface area contributed by atoms with Crippen LogP contribution in [0, 0.1) is 17.3 Å². The van der Waals surface area contributed by atoms with Crippen LogP contribution < -0.4 is 28.1 Å². The molecule has 2 aliphatic rings. The Morgan fingerprint density at radius 2 is 1.30 bits per heavy atom. The maximum atomic E-state index is 2.60. The monoisotopic (exact) mass is 640 g/mol. The number of allylic oxidation sites excluding steroid dienone is 4. The molecule has 1 unspecified atom stereocenters. The van der Waals surface area contributed by atoms with Crippen LogP contribution in [0.15, 0.2) is 112 Å². The molecule has 6 rings (SSSR count). The Labute approximate surface area is 264 Å². The summed E-state index contributed by atoms with van der Waals surface area (Å²) in [6.45, 7) is 11.9. The zero-order chi connectivity index (χ0) is 26.4. The Kier molecular flexibility index (Phi) is 9.51. The zero-order valence-corrected chi connectivity index (χ0v) is 27.9. The van der Waals surface area contributed by atoms with Crippen LogP contribution in [0.25, 0.3) is 33.4 Å². The van der Waals surface area contributed by atoms with Crippen molar-refractivity contribution in [3.8, 4) is 33.4 Å². The third kappa shape index (κ3) is 5.90. The molecule has 1 atom stereocenters. The van der Waals surface area contributed by atoms with Gasteiger partial charge in [0.25, 0.3) is 0 Å². The molecule has 0 spiro atoms. The fourth-order valence-corrected chi connectivity index (χ4v) is 10.5. The molecule has 2 aliphatic carbocycles. The summed E-state index contributed by atoms with van der Waals surface area (Å²) in [6.07, 6.45) is 6.23. The Morgan fingerprint density at radius 1 is 0.700 bits per heavy atom. The van der Waals surface area contributed by atoms with Crippen LogP contribution in [-0.4, -0.2) is 0 Å². The minimum absolute atomic E-state index is 0. The number of fused-ring (bicyclic) bond motifs is 3. The second-order valence-corrected chi connectivity index (χ2v) is 15.4. The Balaban J connectivity index is 0.00000185. The maximum absolute atomic E-state index is 2.60. The summed E-state index contributed by atoms with van der Waals surface area (Å²) in [4.78, 5) is 0. The van der Waals surface area contributed by atoms with Crippen molar-refractivity contribution in [1.82, 2.24) is 0 Å². The van der Waals surface area contributed by atoms with E-state index in [-0.39, 0.29) is 30.2 Å². The average molecular weight is 643 g/mol. The van der Waals surface area contributed by atoms with Crippen molar-refractivity contribution in [3.05, 3.63) is 123 Å². The van der Waals surface area contributed by atoms with Crippen LogP contribution in [0.2, 0.25) is 0 Å². The fraction of sp³-hybridized carbons (Fsp3) is 0.243. The first-order valence-electron chi connectivity index (χ1n) is 13.9. The van der Waals surface area contributed by atoms with E-state index in [1.54, 1.807) is 12.1 Å². The van der Waals surface area contributed by atoms with E-state index >= 15 is 0 Å². The number of hydrogen-bond donors (Lipinski definition) is 0. The van der Waals surface area contributed by atoms with Gasteiger partial charge >= 0.3 is 241 Å². The normalized spacial score (nSPS) is 15.3. The molecule has 0 nitrogen and oxygen atoms in total. The SMILES string of the molecule is CC(C)C1C=C(C(C)(C)C)C=[C]1[Zr+2][c]1c(-c2ccccc2)ccc2c1Cc1cc(-c3ccccc3)ccc1-2.[Cl-].[Cl-]. The molecule has 40 heavy (non-hydrogen) atoms. The third-order valence-electron chi connectivity index (χ3n) is 8.15. The second kappa shape index (κ2) is 12.4. The van der Waals surface area contributed by atoms with Gasteiger partial charge in [-0.1, -0.05) is 0 Å². The molecule has 4 aromatic carbocycles.